The molecule has 7 heteroatoms. The smallest absolute Gasteiger partial charge is 0.224 e. The molecule has 1 amide bonds. The van der Waals surface area contributed by atoms with Gasteiger partial charge < -0.3 is 10.1 Å². The third-order valence-electron chi connectivity index (χ3n) is 2.94. The molecule has 0 aliphatic rings. The average molecular weight is 327 g/mol. The molecule has 0 bridgehead atoms. The molecule has 23 heavy (non-hydrogen) atoms. The molecule has 0 saturated heterocycles. The van der Waals surface area contributed by atoms with Crippen molar-refractivity contribution in [3.8, 4) is 5.75 Å². The summed E-state index contributed by atoms with van der Waals surface area (Å²) < 4.78 is 57.1. The predicted octanol–water partition coefficient (Wildman–Crippen LogP) is 4.04. The lowest BCUT2D eigenvalue weighted by Gasteiger charge is -2.08. The van der Waals surface area contributed by atoms with Crippen LogP contribution in [0.2, 0.25) is 0 Å². The second-order valence-electron chi connectivity index (χ2n) is 4.68. The van der Waals surface area contributed by atoms with E-state index in [1.165, 1.54) is 24.3 Å². The Bertz CT molecular complexity index is 689. The summed E-state index contributed by atoms with van der Waals surface area (Å²) in [5.74, 6) is -4.89. The van der Waals surface area contributed by atoms with Gasteiger partial charge in [-0.2, -0.15) is 0 Å². The van der Waals surface area contributed by atoms with E-state index in [1.807, 2.05) is 0 Å². The first kappa shape index (κ1) is 16.8. The highest BCUT2D eigenvalue weighted by molar-refractivity contribution is 5.90. The molecule has 0 aliphatic carbocycles. The molecular formula is C16H13F4NO2. The Balaban J connectivity index is 1.77. The molecule has 2 aromatic rings. The van der Waals surface area contributed by atoms with Crippen molar-refractivity contribution in [2.45, 2.75) is 12.8 Å². The van der Waals surface area contributed by atoms with Crippen LogP contribution in [0.5, 0.6) is 5.75 Å². The third kappa shape index (κ3) is 4.70. The van der Waals surface area contributed by atoms with Crippen LogP contribution in [0.1, 0.15) is 12.8 Å². The molecule has 0 heterocycles. The van der Waals surface area contributed by atoms with Gasteiger partial charge in [-0.1, -0.05) is 0 Å². The Morgan fingerprint density at radius 1 is 0.957 bits per heavy atom. The fourth-order valence-electron chi connectivity index (χ4n) is 1.79. The van der Waals surface area contributed by atoms with E-state index in [4.69, 9.17) is 4.74 Å². The molecule has 0 atom stereocenters. The largest absolute Gasteiger partial charge is 0.494 e. The van der Waals surface area contributed by atoms with Crippen molar-refractivity contribution in [2.24, 2.45) is 0 Å². The number of anilines is 1. The lowest BCUT2D eigenvalue weighted by Crippen LogP contribution is -2.14. The molecule has 2 aromatic carbocycles. The predicted molar refractivity (Wildman–Crippen MR) is 76.1 cm³/mol. The normalized spacial score (nSPS) is 10.4. The topological polar surface area (TPSA) is 38.3 Å². The Labute approximate surface area is 129 Å². The summed E-state index contributed by atoms with van der Waals surface area (Å²) in [6, 6.07) is 7.06. The summed E-state index contributed by atoms with van der Waals surface area (Å²) in [7, 11) is 0. The molecule has 0 spiro atoms. The van der Waals surface area contributed by atoms with E-state index in [1.54, 1.807) is 0 Å². The lowest BCUT2D eigenvalue weighted by atomic mass is 10.2. The first-order valence-corrected chi connectivity index (χ1v) is 6.79. The molecule has 0 fully saturated rings. The monoisotopic (exact) mass is 327 g/mol. The quantitative estimate of drug-likeness (QED) is 0.494. The summed E-state index contributed by atoms with van der Waals surface area (Å²) in [5, 5.41) is 2.16. The van der Waals surface area contributed by atoms with E-state index >= 15 is 0 Å². The number of hydrogen-bond donors (Lipinski definition) is 1. The molecule has 0 saturated carbocycles. The zero-order valence-electron chi connectivity index (χ0n) is 11.9. The van der Waals surface area contributed by atoms with Crippen molar-refractivity contribution in [2.75, 3.05) is 11.9 Å². The van der Waals surface area contributed by atoms with Gasteiger partial charge in [0.15, 0.2) is 17.5 Å². The maximum Gasteiger partial charge on any atom is 0.224 e. The molecule has 3 nitrogen and oxygen atoms in total. The SMILES string of the molecule is O=C(CCCOc1ccc(F)cc1)Nc1ccc(F)c(F)c1F. The highest BCUT2D eigenvalue weighted by Crippen LogP contribution is 2.20. The van der Waals surface area contributed by atoms with E-state index in [-0.39, 0.29) is 18.8 Å². The van der Waals surface area contributed by atoms with Gasteiger partial charge in [0.05, 0.1) is 12.3 Å². The van der Waals surface area contributed by atoms with E-state index in [9.17, 15) is 22.4 Å². The van der Waals surface area contributed by atoms with E-state index < -0.39 is 29.0 Å². The van der Waals surface area contributed by atoms with Gasteiger partial charge in [0, 0.05) is 6.42 Å². The number of amides is 1. The number of nitrogens with one attached hydrogen (secondary N) is 1. The Kier molecular flexibility index (Phi) is 5.56. The van der Waals surface area contributed by atoms with Crippen LogP contribution in [0, 0.1) is 23.3 Å². The molecule has 2 rings (SSSR count). The summed E-state index contributed by atoms with van der Waals surface area (Å²) in [6.07, 6.45) is 0.314. The van der Waals surface area contributed by atoms with Gasteiger partial charge in [0.2, 0.25) is 5.91 Å². The summed E-state index contributed by atoms with van der Waals surface area (Å²) in [5.41, 5.74) is -0.423. The third-order valence-corrected chi connectivity index (χ3v) is 2.94. The number of hydrogen-bond acceptors (Lipinski definition) is 2. The fourth-order valence-corrected chi connectivity index (χ4v) is 1.79. The van der Waals surface area contributed by atoms with Crippen molar-refractivity contribution in [3.63, 3.8) is 0 Å². The zero-order valence-corrected chi connectivity index (χ0v) is 11.9. The van der Waals surface area contributed by atoms with Gasteiger partial charge in [0.1, 0.15) is 11.6 Å². The first-order valence-electron chi connectivity index (χ1n) is 6.79. The molecular weight excluding hydrogens is 314 g/mol. The molecule has 1 N–H and O–H groups in total. The van der Waals surface area contributed by atoms with Crippen molar-refractivity contribution < 1.29 is 27.1 Å². The fraction of sp³-hybridized carbons (Fsp3) is 0.188. The minimum Gasteiger partial charge on any atom is -0.494 e. The van der Waals surface area contributed by atoms with Gasteiger partial charge in [-0.05, 0) is 42.8 Å². The summed E-state index contributed by atoms with van der Waals surface area (Å²) >= 11 is 0. The van der Waals surface area contributed by atoms with Crippen LogP contribution in [0.4, 0.5) is 23.2 Å². The van der Waals surface area contributed by atoms with Crippen LogP contribution >= 0.6 is 0 Å². The summed E-state index contributed by atoms with van der Waals surface area (Å²) in [4.78, 5) is 11.6. The van der Waals surface area contributed by atoms with Crippen molar-refractivity contribution >= 4 is 11.6 Å². The molecule has 122 valence electrons. The van der Waals surface area contributed by atoms with Crippen molar-refractivity contribution in [1.82, 2.24) is 0 Å². The molecule has 0 aromatic heterocycles. The highest BCUT2D eigenvalue weighted by atomic mass is 19.2. The molecule has 0 aliphatic heterocycles. The Morgan fingerprint density at radius 2 is 1.65 bits per heavy atom. The van der Waals surface area contributed by atoms with E-state index in [0.29, 0.717) is 12.2 Å². The van der Waals surface area contributed by atoms with Crippen LogP contribution in [0.15, 0.2) is 36.4 Å². The van der Waals surface area contributed by atoms with Crippen molar-refractivity contribution in [1.29, 1.82) is 0 Å². The van der Waals surface area contributed by atoms with E-state index in [0.717, 1.165) is 12.1 Å². The van der Waals surface area contributed by atoms with Crippen molar-refractivity contribution in [3.05, 3.63) is 59.7 Å². The van der Waals surface area contributed by atoms with Crippen LogP contribution < -0.4 is 10.1 Å². The number of rotatable bonds is 6. The number of carbonyl (C=O) groups is 1. The van der Waals surface area contributed by atoms with Crippen LogP contribution in [0.25, 0.3) is 0 Å². The van der Waals surface area contributed by atoms with Crippen LogP contribution in [0.3, 0.4) is 0 Å². The zero-order chi connectivity index (χ0) is 16.8. The minimum atomic E-state index is -1.64. The highest BCUT2D eigenvalue weighted by Gasteiger charge is 2.14. The maximum absolute atomic E-state index is 13.4. The number of ether oxygens (including phenoxy) is 1. The number of halogens is 4. The minimum absolute atomic E-state index is 0.000367. The van der Waals surface area contributed by atoms with Crippen LogP contribution in [-0.2, 0) is 4.79 Å². The Hall–Kier alpha value is -2.57. The standard InChI is InChI=1S/C16H13F4NO2/c17-10-3-5-11(6-4-10)23-9-1-2-14(22)21-13-8-7-12(18)15(19)16(13)20/h3-8H,1-2,9H2,(H,21,22). The van der Waals surface area contributed by atoms with Crippen LogP contribution in [-0.4, -0.2) is 12.5 Å². The summed E-state index contributed by atoms with van der Waals surface area (Å²) in [6.45, 7) is 0.194. The lowest BCUT2D eigenvalue weighted by molar-refractivity contribution is -0.116. The van der Waals surface area contributed by atoms with Gasteiger partial charge in [0.25, 0.3) is 0 Å². The number of carbonyl (C=O) groups excluding carboxylic acids is 1. The first-order chi connectivity index (χ1) is 11.0. The van der Waals surface area contributed by atoms with Gasteiger partial charge in [-0.25, -0.2) is 17.6 Å². The van der Waals surface area contributed by atoms with Gasteiger partial charge >= 0.3 is 0 Å². The van der Waals surface area contributed by atoms with E-state index in [2.05, 4.69) is 5.32 Å². The number of benzene rings is 2. The maximum atomic E-state index is 13.4. The second-order valence-corrected chi connectivity index (χ2v) is 4.68. The Morgan fingerprint density at radius 3 is 2.35 bits per heavy atom. The molecule has 0 radical (unpaired) electrons. The molecule has 0 unspecified atom stereocenters. The van der Waals surface area contributed by atoms with Gasteiger partial charge in [-0.3, -0.25) is 4.79 Å². The average Bonchev–Trinajstić information content (AvgIpc) is 2.54. The second kappa shape index (κ2) is 7.62. The van der Waals surface area contributed by atoms with Gasteiger partial charge in [-0.15, -0.1) is 0 Å².